The second-order valence-electron chi connectivity index (χ2n) is 5.98. The van der Waals surface area contributed by atoms with Crippen LogP contribution in [-0.2, 0) is 19.6 Å². The summed E-state index contributed by atoms with van der Waals surface area (Å²) in [6.45, 7) is -0.704. The zero-order valence-electron chi connectivity index (χ0n) is 15.6. The molecule has 2 aromatic carbocycles. The Morgan fingerprint density at radius 1 is 1.13 bits per heavy atom. The smallest absolute Gasteiger partial charge is 0.340 e. The number of nitro groups is 1. The van der Waals surface area contributed by atoms with E-state index in [1.165, 1.54) is 32.3 Å². The summed E-state index contributed by atoms with van der Waals surface area (Å²) in [5.41, 5.74) is -0.337. The number of sulfonamides is 1. The lowest BCUT2D eigenvalue weighted by molar-refractivity contribution is -0.384. The third-order valence-electron chi connectivity index (χ3n) is 3.69. The Labute approximate surface area is 181 Å². The van der Waals surface area contributed by atoms with Crippen molar-refractivity contribution >= 4 is 56.5 Å². The summed E-state index contributed by atoms with van der Waals surface area (Å²) in [6, 6.07) is 7.02. The van der Waals surface area contributed by atoms with Crippen LogP contribution in [0.2, 0.25) is 10.0 Å². The maximum Gasteiger partial charge on any atom is 0.340 e. The number of halogens is 2. The Morgan fingerprint density at radius 2 is 1.80 bits per heavy atom. The van der Waals surface area contributed by atoms with Crippen molar-refractivity contribution in [1.29, 1.82) is 0 Å². The number of nitrogens with zero attached hydrogens (tertiary/aromatic N) is 2. The maximum absolute atomic E-state index is 12.3. The van der Waals surface area contributed by atoms with Gasteiger partial charge in [0.05, 0.1) is 20.5 Å². The minimum absolute atomic E-state index is 0.0269. The number of rotatable bonds is 7. The Balaban J connectivity index is 2.07. The van der Waals surface area contributed by atoms with E-state index in [0.29, 0.717) is 0 Å². The lowest BCUT2D eigenvalue weighted by atomic mass is 10.2. The molecule has 2 rings (SSSR count). The molecule has 0 aliphatic rings. The molecule has 0 saturated heterocycles. The molecule has 0 unspecified atom stereocenters. The standard InChI is InChI=1S/C17H15Cl2N3O7S/c1-21(2)30(27,28)15-7-10(3-6-13(15)18)20-16(23)9-29-17(24)12-5-4-11(22(25)26)8-14(12)19/h3-8H,9H2,1-2H3,(H,20,23). The SMILES string of the molecule is CN(C)S(=O)(=O)c1cc(NC(=O)COC(=O)c2ccc([N+](=O)[O-])cc2Cl)ccc1Cl. The van der Waals surface area contributed by atoms with Crippen molar-refractivity contribution in [2.75, 3.05) is 26.0 Å². The fraction of sp³-hybridized carbons (Fsp3) is 0.176. The van der Waals surface area contributed by atoms with Crippen LogP contribution in [0.5, 0.6) is 0 Å². The van der Waals surface area contributed by atoms with Crippen LogP contribution in [0.4, 0.5) is 11.4 Å². The molecule has 30 heavy (non-hydrogen) atoms. The number of non-ortho nitro benzene ring substituents is 1. The summed E-state index contributed by atoms with van der Waals surface area (Å²) in [5.74, 6) is -1.71. The Morgan fingerprint density at radius 3 is 2.37 bits per heavy atom. The summed E-state index contributed by atoms with van der Waals surface area (Å²) in [6.07, 6.45) is 0. The lowest BCUT2D eigenvalue weighted by Gasteiger charge is -2.14. The maximum atomic E-state index is 12.3. The summed E-state index contributed by atoms with van der Waals surface area (Å²) in [7, 11) is -1.17. The number of nitro benzene ring substituents is 1. The van der Waals surface area contributed by atoms with E-state index in [1.807, 2.05) is 0 Å². The number of carbonyl (C=O) groups excluding carboxylic acids is 2. The first-order valence-corrected chi connectivity index (χ1v) is 10.3. The highest BCUT2D eigenvalue weighted by Gasteiger charge is 2.22. The molecule has 0 radical (unpaired) electrons. The van der Waals surface area contributed by atoms with Crippen LogP contribution in [0.3, 0.4) is 0 Å². The second-order valence-corrected chi connectivity index (χ2v) is 8.91. The quantitative estimate of drug-likeness (QED) is 0.369. The third-order valence-corrected chi connectivity index (χ3v) is 6.30. The molecule has 0 atom stereocenters. The van der Waals surface area contributed by atoms with Gasteiger partial charge in [0.2, 0.25) is 10.0 Å². The van der Waals surface area contributed by atoms with Gasteiger partial charge in [-0.25, -0.2) is 17.5 Å². The van der Waals surface area contributed by atoms with E-state index in [-0.39, 0.29) is 31.9 Å². The van der Waals surface area contributed by atoms with Gasteiger partial charge >= 0.3 is 5.97 Å². The van der Waals surface area contributed by atoms with Gasteiger partial charge in [-0.2, -0.15) is 0 Å². The van der Waals surface area contributed by atoms with E-state index < -0.39 is 33.4 Å². The van der Waals surface area contributed by atoms with Crippen LogP contribution >= 0.6 is 23.2 Å². The molecule has 0 heterocycles. The fourth-order valence-electron chi connectivity index (χ4n) is 2.16. The number of carbonyl (C=O) groups is 2. The topological polar surface area (TPSA) is 136 Å². The lowest BCUT2D eigenvalue weighted by Crippen LogP contribution is -2.23. The second kappa shape index (κ2) is 9.39. The number of esters is 1. The highest BCUT2D eigenvalue weighted by molar-refractivity contribution is 7.89. The van der Waals surface area contributed by atoms with E-state index in [9.17, 15) is 28.1 Å². The Bertz CT molecular complexity index is 1120. The molecule has 0 aliphatic heterocycles. The van der Waals surface area contributed by atoms with Gasteiger partial charge in [0.1, 0.15) is 4.90 Å². The predicted octanol–water partition coefficient (Wildman–Crippen LogP) is 2.95. The van der Waals surface area contributed by atoms with Crippen molar-refractivity contribution in [2.45, 2.75) is 4.90 Å². The third kappa shape index (κ3) is 5.45. The van der Waals surface area contributed by atoms with Gasteiger partial charge in [0.25, 0.3) is 11.6 Å². The van der Waals surface area contributed by atoms with E-state index in [0.717, 1.165) is 22.5 Å². The van der Waals surface area contributed by atoms with Crippen LogP contribution in [0.15, 0.2) is 41.3 Å². The van der Waals surface area contributed by atoms with Gasteiger partial charge in [-0.05, 0) is 24.3 Å². The number of ether oxygens (including phenoxy) is 1. The highest BCUT2D eigenvalue weighted by atomic mass is 35.5. The average Bonchev–Trinajstić information content (AvgIpc) is 2.67. The number of hydrogen-bond donors (Lipinski definition) is 1. The zero-order chi connectivity index (χ0) is 22.6. The molecule has 2 aromatic rings. The molecular formula is C17H15Cl2N3O7S. The summed E-state index contributed by atoms with van der Waals surface area (Å²) in [4.78, 5) is 33.9. The molecule has 1 N–H and O–H groups in total. The number of anilines is 1. The van der Waals surface area contributed by atoms with Crippen molar-refractivity contribution in [3.8, 4) is 0 Å². The summed E-state index contributed by atoms with van der Waals surface area (Å²) in [5, 5.41) is 12.9. The number of nitrogens with one attached hydrogen (secondary N) is 1. The molecule has 13 heteroatoms. The van der Waals surface area contributed by atoms with Crippen molar-refractivity contribution < 1.29 is 27.7 Å². The summed E-state index contributed by atoms with van der Waals surface area (Å²) < 4.78 is 30.3. The van der Waals surface area contributed by atoms with Crippen LogP contribution < -0.4 is 5.32 Å². The number of benzene rings is 2. The van der Waals surface area contributed by atoms with E-state index >= 15 is 0 Å². The molecule has 0 aromatic heterocycles. The fourth-order valence-corrected chi connectivity index (χ4v) is 3.81. The van der Waals surface area contributed by atoms with E-state index in [4.69, 9.17) is 27.9 Å². The minimum atomic E-state index is -3.84. The van der Waals surface area contributed by atoms with Gasteiger partial charge < -0.3 is 10.1 Å². The van der Waals surface area contributed by atoms with Crippen molar-refractivity contribution in [3.05, 3.63) is 62.1 Å². The largest absolute Gasteiger partial charge is 0.452 e. The molecule has 0 aliphatic carbocycles. The van der Waals surface area contributed by atoms with Gasteiger partial charge in [0.15, 0.2) is 6.61 Å². The van der Waals surface area contributed by atoms with Crippen molar-refractivity contribution in [2.24, 2.45) is 0 Å². The first-order valence-electron chi connectivity index (χ1n) is 8.06. The molecule has 0 bridgehead atoms. The highest BCUT2D eigenvalue weighted by Crippen LogP contribution is 2.27. The molecule has 160 valence electrons. The molecule has 10 nitrogen and oxygen atoms in total. The van der Waals surface area contributed by atoms with Gasteiger partial charge in [-0.3, -0.25) is 14.9 Å². The van der Waals surface area contributed by atoms with Crippen LogP contribution in [-0.4, -0.2) is 50.2 Å². The number of amides is 1. The molecular weight excluding hydrogens is 461 g/mol. The van der Waals surface area contributed by atoms with E-state index in [2.05, 4.69) is 5.32 Å². The van der Waals surface area contributed by atoms with Crippen LogP contribution in [0.1, 0.15) is 10.4 Å². The molecule has 0 spiro atoms. The van der Waals surface area contributed by atoms with Crippen molar-refractivity contribution in [3.63, 3.8) is 0 Å². The molecule has 0 saturated carbocycles. The normalized spacial score (nSPS) is 11.2. The van der Waals surface area contributed by atoms with Crippen LogP contribution in [0, 0.1) is 10.1 Å². The van der Waals surface area contributed by atoms with Gasteiger partial charge in [-0.15, -0.1) is 0 Å². The minimum Gasteiger partial charge on any atom is -0.452 e. The molecule has 0 fully saturated rings. The van der Waals surface area contributed by atoms with Gasteiger partial charge in [0, 0.05) is 31.9 Å². The first kappa shape index (κ1) is 23.5. The van der Waals surface area contributed by atoms with Crippen LogP contribution in [0.25, 0.3) is 0 Å². The first-order chi connectivity index (χ1) is 13.9. The zero-order valence-corrected chi connectivity index (χ0v) is 17.9. The van der Waals surface area contributed by atoms with Crippen molar-refractivity contribution in [1.82, 2.24) is 4.31 Å². The predicted molar refractivity (Wildman–Crippen MR) is 109 cm³/mol. The molecule has 1 amide bonds. The number of hydrogen-bond acceptors (Lipinski definition) is 7. The Hall–Kier alpha value is -2.73. The Kier molecular flexibility index (Phi) is 7.37. The van der Waals surface area contributed by atoms with Gasteiger partial charge in [-0.1, -0.05) is 23.2 Å². The monoisotopic (exact) mass is 475 g/mol. The summed E-state index contributed by atoms with van der Waals surface area (Å²) >= 11 is 11.8. The average molecular weight is 476 g/mol. The van der Waals surface area contributed by atoms with E-state index in [1.54, 1.807) is 0 Å².